The van der Waals surface area contributed by atoms with Crippen molar-refractivity contribution in [1.82, 2.24) is 5.32 Å². The van der Waals surface area contributed by atoms with Crippen LogP contribution in [0.3, 0.4) is 0 Å². The Hall–Kier alpha value is -3.68. The van der Waals surface area contributed by atoms with Crippen molar-refractivity contribution >= 4 is 23.3 Å². The second-order valence-corrected chi connectivity index (χ2v) is 14.5. The first-order valence-corrected chi connectivity index (χ1v) is 18.0. The summed E-state index contributed by atoms with van der Waals surface area (Å²) in [5.74, 6) is 0.178. The number of nitrogens with one attached hydrogen (secondary N) is 1. The molecule has 3 aromatic carbocycles. The molecular weight excluding hydrogens is 598 g/mol. The van der Waals surface area contributed by atoms with Crippen LogP contribution in [0.4, 0.5) is 16.2 Å². The van der Waals surface area contributed by atoms with E-state index in [-0.39, 0.29) is 35.0 Å². The predicted molar refractivity (Wildman–Crippen MR) is 195 cm³/mol. The highest BCUT2D eigenvalue weighted by Crippen LogP contribution is 2.37. The zero-order valence-corrected chi connectivity index (χ0v) is 29.9. The lowest BCUT2D eigenvalue weighted by atomic mass is 9.74. The fraction of sp³-hybridized carbons (Fsp3) is 0.512. The lowest BCUT2D eigenvalue weighted by molar-refractivity contribution is -0.118. The van der Waals surface area contributed by atoms with E-state index in [0.717, 1.165) is 50.1 Å². The van der Waals surface area contributed by atoms with E-state index in [1.54, 1.807) is 4.90 Å². The molecule has 2 heterocycles. The van der Waals surface area contributed by atoms with Gasteiger partial charge >= 0.3 is 6.03 Å². The van der Waals surface area contributed by atoms with Gasteiger partial charge in [-0.1, -0.05) is 109 Å². The number of urea groups is 1. The van der Waals surface area contributed by atoms with Crippen LogP contribution in [-0.2, 0) is 25.1 Å². The molecule has 3 aromatic rings. The average molecular weight is 654 g/mol. The van der Waals surface area contributed by atoms with E-state index in [9.17, 15) is 9.59 Å². The van der Waals surface area contributed by atoms with Gasteiger partial charge in [-0.05, 0) is 59.4 Å². The Morgan fingerprint density at radius 2 is 1.04 bits per heavy atom. The van der Waals surface area contributed by atoms with E-state index >= 15 is 0 Å². The number of ether oxygens (including phenoxy) is 2. The third-order valence-corrected chi connectivity index (χ3v) is 10.1. The maximum absolute atomic E-state index is 13.1. The highest BCUT2D eigenvalue weighted by molar-refractivity contribution is 5.93. The summed E-state index contributed by atoms with van der Waals surface area (Å²) in [6.45, 7) is 16.6. The van der Waals surface area contributed by atoms with Gasteiger partial charge in [0.2, 0.25) is 5.91 Å². The summed E-state index contributed by atoms with van der Waals surface area (Å²) in [5.41, 5.74) is 6.23. The SMILES string of the molecule is CCCCCC(=O)N(CC1CO1)c1ccc(C(C)(C)c2ccc(C(C)(C)c3ccc(N(CC4CO4)C(=O)NCCCC)cc3)cc2)cc1. The summed E-state index contributed by atoms with van der Waals surface area (Å²) in [6, 6.07) is 25.8. The Morgan fingerprint density at radius 1 is 0.646 bits per heavy atom. The number of epoxide rings is 2. The normalized spacial score (nSPS) is 17.1. The van der Waals surface area contributed by atoms with Crippen molar-refractivity contribution in [2.75, 3.05) is 42.6 Å². The molecule has 0 aromatic heterocycles. The minimum Gasteiger partial charge on any atom is -0.371 e. The molecular formula is C41H55N3O4. The van der Waals surface area contributed by atoms with Crippen LogP contribution in [0.1, 0.15) is 102 Å². The lowest BCUT2D eigenvalue weighted by Gasteiger charge is -2.30. The molecule has 7 heteroatoms. The number of unbranched alkanes of at least 4 members (excludes halogenated alkanes) is 3. The van der Waals surface area contributed by atoms with E-state index in [1.165, 1.54) is 22.3 Å². The van der Waals surface area contributed by atoms with E-state index in [1.807, 2.05) is 4.90 Å². The molecule has 2 aliphatic rings. The molecule has 0 aliphatic carbocycles. The van der Waals surface area contributed by atoms with Gasteiger partial charge in [0.05, 0.1) is 38.5 Å². The number of benzene rings is 3. The van der Waals surface area contributed by atoms with E-state index in [4.69, 9.17) is 9.47 Å². The number of amides is 3. The van der Waals surface area contributed by atoms with Crippen LogP contribution >= 0.6 is 0 Å². The maximum Gasteiger partial charge on any atom is 0.321 e. The average Bonchev–Trinajstić information content (AvgIpc) is 4.03. The van der Waals surface area contributed by atoms with Gasteiger partial charge in [-0.25, -0.2) is 4.79 Å². The molecule has 1 N–H and O–H groups in total. The molecule has 0 radical (unpaired) electrons. The molecule has 5 rings (SSSR count). The first-order valence-electron chi connectivity index (χ1n) is 18.0. The highest BCUT2D eigenvalue weighted by Gasteiger charge is 2.31. The number of carbonyl (C=O) groups excluding carboxylic acids is 2. The van der Waals surface area contributed by atoms with Gasteiger partial charge in [0.15, 0.2) is 0 Å². The Balaban J connectivity index is 1.28. The van der Waals surface area contributed by atoms with Crippen LogP contribution in [0.25, 0.3) is 0 Å². The van der Waals surface area contributed by atoms with Gasteiger partial charge < -0.3 is 19.7 Å². The molecule has 258 valence electrons. The van der Waals surface area contributed by atoms with Gasteiger partial charge in [0.1, 0.15) is 0 Å². The number of rotatable bonds is 17. The number of carbonyl (C=O) groups is 2. The molecule has 0 spiro atoms. The first kappa shape index (κ1) is 35.6. The first-order chi connectivity index (χ1) is 23.0. The van der Waals surface area contributed by atoms with Crippen LogP contribution in [-0.4, -0.2) is 57.0 Å². The van der Waals surface area contributed by atoms with Crippen molar-refractivity contribution in [3.63, 3.8) is 0 Å². The quantitative estimate of drug-likeness (QED) is 0.117. The number of hydrogen-bond donors (Lipinski definition) is 1. The smallest absolute Gasteiger partial charge is 0.321 e. The van der Waals surface area contributed by atoms with Crippen molar-refractivity contribution < 1.29 is 19.1 Å². The van der Waals surface area contributed by atoms with Gasteiger partial charge in [-0.2, -0.15) is 0 Å². The van der Waals surface area contributed by atoms with Gasteiger partial charge in [-0.15, -0.1) is 0 Å². The summed E-state index contributed by atoms with van der Waals surface area (Å²) in [5, 5.41) is 3.06. The number of anilines is 2. The third kappa shape index (κ3) is 8.86. The monoisotopic (exact) mass is 653 g/mol. The third-order valence-electron chi connectivity index (χ3n) is 10.1. The van der Waals surface area contributed by atoms with Crippen molar-refractivity contribution in [1.29, 1.82) is 0 Å². The second kappa shape index (κ2) is 15.7. The van der Waals surface area contributed by atoms with E-state index in [2.05, 4.69) is 120 Å². The standard InChI is InChI=1S/C41H55N3O4/c1-7-9-11-12-38(45)43(26-36-28-47-36)34-21-17-32(18-22-34)40(3,4)30-13-15-31(16-14-30)41(5,6)33-19-23-35(24-20-33)44(27-37-29-48-37)39(46)42-25-10-8-2/h13-24,36-37H,7-12,25-29H2,1-6H3,(H,42,46). The Morgan fingerprint density at radius 3 is 1.46 bits per heavy atom. The molecule has 48 heavy (non-hydrogen) atoms. The topological polar surface area (TPSA) is 77.7 Å². The molecule has 7 nitrogen and oxygen atoms in total. The van der Waals surface area contributed by atoms with Crippen molar-refractivity contribution in [2.45, 2.75) is 103 Å². The predicted octanol–water partition coefficient (Wildman–Crippen LogP) is 8.37. The largest absolute Gasteiger partial charge is 0.371 e. The summed E-state index contributed by atoms with van der Waals surface area (Å²) in [4.78, 5) is 29.8. The van der Waals surface area contributed by atoms with Gasteiger partial charge in [-0.3, -0.25) is 9.69 Å². The van der Waals surface area contributed by atoms with Gasteiger partial charge in [0.25, 0.3) is 0 Å². The molecule has 2 atom stereocenters. The Labute approximate surface area is 288 Å². The zero-order chi connectivity index (χ0) is 34.3. The second-order valence-electron chi connectivity index (χ2n) is 14.5. The maximum atomic E-state index is 13.1. The molecule has 0 bridgehead atoms. The molecule has 2 aliphatic heterocycles. The van der Waals surface area contributed by atoms with Crippen molar-refractivity contribution in [3.8, 4) is 0 Å². The highest BCUT2D eigenvalue weighted by atomic mass is 16.6. The lowest BCUT2D eigenvalue weighted by Crippen LogP contribution is -2.42. The van der Waals surface area contributed by atoms with Crippen LogP contribution < -0.4 is 15.1 Å². The molecule has 2 unspecified atom stereocenters. The molecule has 0 saturated carbocycles. The van der Waals surface area contributed by atoms with Crippen molar-refractivity contribution in [3.05, 3.63) is 95.1 Å². The summed E-state index contributed by atoms with van der Waals surface area (Å²) in [7, 11) is 0. The van der Waals surface area contributed by atoms with Crippen LogP contribution in [0.2, 0.25) is 0 Å². The van der Waals surface area contributed by atoms with Crippen LogP contribution in [0.15, 0.2) is 72.8 Å². The van der Waals surface area contributed by atoms with E-state index < -0.39 is 0 Å². The minimum atomic E-state index is -0.227. The summed E-state index contributed by atoms with van der Waals surface area (Å²) >= 11 is 0. The van der Waals surface area contributed by atoms with Crippen molar-refractivity contribution in [2.24, 2.45) is 0 Å². The minimum absolute atomic E-state index is 0.0696. The van der Waals surface area contributed by atoms with Crippen LogP contribution in [0, 0.1) is 0 Å². The molecule has 3 amide bonds. The summed E-state index contributed by atoms with van der Waals surface area (Å²) < 4.78 is 10.9. The molecule has 2 saturated heterocycles. The number of nitrogens with zero attached hydrogens (tertiary/aromatic N) is 2. The van der Waals surface area contributed by atoms with Crippen LogP contribution in [0.5, 0.6) is 0 Å². The van der Waals surface area contributed by atoms with E-state index in [0.29, 0.717) is 32.7 Å². The Bertz CT molecular complexity index is 1380. The fourth-order valence-electron chi connectivity index (χ4n) is 6.29. The number of hydrogen-bond acceptors (Lipinski definition) is 4. The van der Waals surface area contributed by atoms with Gasteiger partial charge in [0, 0.05) is 35.2 Å². The Kier molecular flexibility index (Phi) is 11.6. The zero-order valence-electron chi connectivity index (χ0n) is 29.9. The fourth-order valence-corrected chi connectivity index (χ4v) is 6.29. The molecule has 2 fully saturated rings. The summed E-state index contributed by atoms with van der Waals surface area (Å²) in [6.07, 6.45) is 5.94.